The van der Waals surface area contributed by atoms with Crippen molar-refractivity contribution in [3.05, 3.63) is 47.8 Å². The van der Waals surface area contributed by atoms with E-state index in [1.165, 1.54) is 6.07 Å². The number of aryl methyl sites for hydroxylation is 2. The van der Waals surface area contributed by atoms with Gasteiger partial charge in [0.05, 0.1) is 17.7 Å². The highest BCUT2D eigenvalue weighted by Gasteiger charge is 2.05. The van der Waals surface area contributed by atoms with Gasteiger partial charge in [0.1, 0.15) is 5.82 Å². The summed E-state index contributed by atoms with van der Waals surface area (Å²) in [6.07, 6.45) is 4.36. The van der Waals surface area contributed by atoms with Gasteiger partial charge in [-0.15, -0.1) is 0 Å². The third-order valence-corrected chi connectivity index (χ3v) is 2.38. The van der Waals surface area contributed by atoms with Crippen LogP contribution in [0.1, 0.15) is 18.2 Å². The average molecular weight is 204 g/mol. The smallest absolute Gasteiger partial charge is 0.147 e. The number of hydrogen-bond donors (Lipinski definition) is 0. The molecular formula is C12H13FN2. The number of benzene rings is 1. The molecule has 0 bridgehead atoms. The lowest BCUT2D eigenvalue weighted by Gasteiger charge is -2.04. The summed E-state index contributed by atoms with van der Waals surface area (Å²) in [6, 6.07) is 5.19. The maximum Gasteiger partial charge on any atom is 0.147 e. The molecule has 2 aromatic rings. The molecule has 15 heavy (non-hydrogen) atoms. The van der Waals surface area contributed by atoms with Crippen molar-refractivity contribution in [1.82, 2.24) is 9.55 Å². The molecule has 0 aliphatic rings. The fraction of sp³-hybridized carbons (Fsp3) is 0.250. The number of nitrogens with zero attached hydrogens (tertiary/aromatic N) is 2. The van der Waals surface area contributed by atoms with Crippen LogP contribution in [0.4, 0.5) is 4.39 Å². The molecule has 78 valence electrons. The Bertz CT molecular complexity index is 474. The summed E-state index contributed by atoms with van der Waals surface area (Å²) in [5.74, 6) is -0.213. The van der Waals surface area contributed by atoms with E-state index in [2.05, 4.69) is 4.98 Å². The summed E-state index contributed by atoms with van der Waals surface area (Å²) in [6.45, 7) is 3.90. The lowest BCUT2D eigenvalue weighted by molar-refractivity contribution is 0.617. The van der Waals surface area contributed by atoms with Gasteiger partial charge < -0.3 is 4.57 Å². The minimum absolute atomic E-state index is 0.213. The van der Waals surface area contributed by atoms with Crippen LogP contribution in [0.5, 0.6) is 0 Å². The summed E-state index contributed by atoms with van der Waals surface area (Å²) in [4.78, 5) is 4.17. The summed E-state index contributed by atoms with van der Waals surface area (Å²) < 4.78 is 15.3. The lowest BCUT2D eigenvalue weighted by atomic mass is 10.2. The highest BCUT2D eigenvalue weighted by molar-refractivity contribution is 5.36. The Labute approximate surface area is 88.4 Å². The number of imidazole rings is 1. The van der Waals surface area contributed by atoms with Crippen molar-refractivity contribution in [1.29, 1.82) is 0 Å². The van der Waals surface area contributed by atoms with E-state index in [4.69, 9.17) is 0 Å². The van der Waals surface area contributed by atoms with Crippen molar-refractivity contribution in [2.45, 2.75) is 20.3 Å². The third kappa shape index (κ3) is 1.91. The Morgan fingerprint density at radius 1 is 1.40 bits per heavy atom. The van der Waals surface area contributed by atoms with Gasteiger partial charge in [0.25, 0.3) is 0 Å². The summed E-state index contributed by atoms with van der Waals surface area (Å²) in [5, 5.41) is 0. The zero-order valence-corrected chi connectivity index (χ0v) is 8.87. The quantitative estimate of drug-likeness (QED) is 0.735. The first-order chi connectivity index (χ1) is 7.20. The van der Waals surface area contributed by atoms with Crippen molar-refractivity contribution >= 4 is 0 Å². The van der Waals surface area contributed by atoms with Crippen molar-refractivity contribution in [3.8, 4) is 5.69 Å². The fourth-order valence-electron chi connectivity index (χ4n) is 1.50. The van der Waals surface area contributed by atoms with Crippen LogP contribution in [0.2, 0.25) is 0 Å². The first kappa shape index (κ1) is 9.90. The lowest BCUT2D eigenvalue weighted by Crippen LogP contribution is -1.94. The number of halogens is 1. The second-order valence-corrected chi connectivity index (χ2v) is 3.58. The molecule has 0 aliphatic heterocycles. The Kier molecular flexibility index (Phi) is 2.54. The highest BCUT2D eigenvalue weighted by atomic mass is 19.1. The average Bonchev–Trinajstić information content (AvgIpc) is 2.66. The van der Waals surface area contributed by atoms with Crippen LogP contribution in [0, 0.1) is 12.7 Å². The molecule has 0 spiro atoms. The van der Waals surface area contributed by atoms with Gasteiger partial charge in [0.15, 0.2) is 0 Å². The van der Waals surface area contributed by atoms with Crippen LogP contribution in [0.3, 0.4) is 0 Å². The third-order valence-electron chi connectivity index (χ3n) is 2.38. The standard InChI is InChI=1S/C12H13FN2/c1-3-10-7-15(8-14-10)12-5-4-9(2)6-11(12)13/h4-8H,3H2,1-2H3. The van der Waals surface area contributed by atoms with Gasteiger partial charge in [-0.2, -0.15) is 0 Å². The second kappa shape index (κ2) is 3.85. The molecule has 2 nitrogen and oxygen atoms in total. The Hall–Kier alpha value is -1.64. The minimum atomic E-state index is -0.213. The van der Waals surface area contributed by atoms with Gasteiger partial charge in [-0.05, 0) is 31.0 Å². The van der Waals surface area contributed by atoms with Crippen molar-refractivity contribution in [3.63, 3.8) is 0 Å². The number of hydrogen-bond acceptors (Lipinski definition) is 1. The molecule has 3 heteroatoms. The first-order valence-corrected chi connectivity index (χ1v) is 5.00. The molecule has 0 saturated heterocycles. The van der Waals surface area contributed by atoms with Gasteiger partial charge in [-0.25, -0.2) is 9.37 Å². The molecule has 1 aromatic heterocycles. The molecule has 0 amide bonds. The zero-order valence-electron chi connectivity index (χ0n) is 8.87. The van der Waals surface area contributed by atoms with E-state index < -0.39 is 0 Å². The molecule has 0 N–H and O–H groups in total. The van der Waals surface area contributed by atoms with Gasteiger partial charge in [0, 0.05) is 6.20 Å². The minimum Gasteiger partial charge on any atom is -0.303 e. The van der Waals surface area contributed by atoms with E-state index in [9.17, 15) is 4.39 Å². The first-order valence-electron chi connectivity index (χ1n) is 5.00. The number of aromatic nitrogens is 2. The van der Waals surface area contributed by atoms with Crippen LogP contribution in [-0.4, -0.2) is 9.55 Å². The topological polar surface area (TPSA) is 17.8 Å². The molecule has 0 saturated carbocycles. The van der Waals surface area contributed by atoms with E-state index >= 15 is 0 Å². The number of rotatable bonds is 2. The summed E-state index contributed by atoms with van der Waals surface area (Å²) in [7, 11) is 0. The predicted molar refractivity (Wildman–Crippen MR) is 57.6 cm³/mol. The molecule has 1 aromatic carbocycles. The van der Waals surface area contributed by atoms with Gasteiger partial charge in [-0.1, -0.05) is 13.0 Å². The van der Waals surface area contributed by atoms with E-state index in [1.54, 1.807) is 17.0 Å². The van der Waals surface area contributed by atoms with Crippen LogP contribution in [0.25, 0.3) is 5.69 Å². The maximum absolute atomic E-state index is 13.6. The van der Waals surface area contributed by atoms with Crippen LogP contribution in [-0.2, 0) is 6.42 Å². The predicted octanol–water partition coefficient (Wildman–Crippen LogP) is 2.88. The van der Waals surface area contributed by atoms with Crippen LogP contribution < -0.4 is 0 Å². The SMILES string of the molecule is CCc1cn(-c2ccc(C)cc2F)cn1. The van der Waals surface area contributed by atoms with Crippen molar-refractivity contribution in [2.24, 2.45) is 0 Å². The normalized spacial score (nSPS) is 10.6. The molecule has 0 aliphatic carbocycles. The Morgan fingerprint density at radius 3 is 2.80 bits per heavy atom. The summed E-state index contributed by atoms with van der Waals surface area (Å²) in [5.41, 5.74) is 2.44. The van der Waals surface area contributed by atoms with Gasteiger partial charge in [-0.3, -0.25) is 0 Å². The molecule has 0 radical (unpaired) electrons. The van der Waals surface area contributed by atoms with Crippen molar-refractivity contribution in [2.75, 3.05) is 0 Å². The Morgan fingerprint density at radius 2 is 2.20 bits per heavy atom. The zero-order chi connectivity index (χ0) is 10.8. The van der Waals surface area contributed by atoms with E-state index in [-0.39, 0.29) is 5.82 Å². The summed E-state index contributed by atoms with van der Waals surface area (Å²) >= 11 is 0. The molecule has 0 unspecified atom stereocenters. The van der Waals surface area contributed by atoms with Gasteiger partial charge in [0.2, 0.25) is 0 Å². The van der Waals surface area contributed by atoms with Crippen LogP contribution in [0.15, 0.2) is 30.7 Å². The van der Waals surface area contributed by atoms with Gasteiger partial charge >= 0.3 is 0 Å². The Balaban J connectivity index is 2.44. The van der Waals surface area contributed by atoms with E-state index in [0.717, 1.165) is 17.7 Å². The second-order valence-electron chi connectivity index (χ2n) is 3.58. The largest absolute Gasteiger partial charge is 0.303 e. The molecule has 0 atom stereocenters. The van der Waals surface area contributed by atoms with E-state index in [1.807, 2.05) is 26.1 Å². The fourth-order valence-corrected chi connectivity index (χ4v) is 1.50. The molecular weight excluding hydrogens is 191 g/mol. The van der Waals surface area contributed by atoms with Crippen molar-refractivity contribution < 1.29 is 4.39 Å². The monoisotopic (exact) mass is 204 g/mol. The molecule has 0 fully saturated rings. The highest BCUT2D eigenvalue weighted by Crippen LogP contribution is 2.15. The van der Waals surface area contributed by atoms with Crippen LogP contribution >= 0.6 is 0 Å². The molecule has 2 rings (SSSR count). The van der Waals surface area contributed by atoms with E-state index in [0.29, 0.717) is 5.69 Å². The maximum atomic E-state index is 13.6. The molecule has 1 heterocycles.